The number of nitrogens with one attached hydrogen (secondary N) is 2. The van der Waals surface area contributed by atoms with E-state index in [2.05, 4.69) is 10.6 Å². The van der Waals surface area contributed by atoms with Gasteiger partial charge in [0.25, 0.3) is 0 Å². The number of hydrogen-bond donors (Lipinski definition) is 2. The monoisotopic (exact) mass is 226 g/mol. The van der Waals surface area contributed by atoms with E-state index in [9.17, 15) is 8.78 Å². The summed E-state index contributed by atoms with van der Waals surface area (Å²) in [7, 11) is 0. The highest BCUT2D eigenvalue weighted by Crippen LogP contribution is 2.15. The van der Waals surface area contributed by atoms with Crippen LogP contribution in [0.25, 0.3) is 0 Å². The molecule has 2 rings (SSSR count). The van der Waals surface area contributed by atoms with Crippen molar-refractivity contribution in [3.8, 4) is 0 Å². The van der Waals surface area contributed by atoms with Crippen molar-refractivity contribution >= 4 is 5.69 Å². The molecular formula is C12H16F2N2. The third kappa shape index (κ3) is 3.17. The number of halogens is 2. The van der Waals surface area contributed by atoms with Gasteiger partial charge in [0.05, 0.1) is 0 Å². The van der Waals surface area contributed by atoms with E-state index in [1.165, 1.54) is 18.6 Å². The molecule has 88 valence electrons. The Morgan fingerprint density at radius 2 is 2.00 bits per heavy atom. The van der Waals surface area contributed by atoms with Crippen molar-refractivity contribution in [1.29, 1.82) is 0 Å². The van der Waals surface area contributed by atoms with Gasteiger partial charge in [-0.15, -0.1) is 0 Å². The zero-order valence-corrected chi connectivity index (χ0v) is 9.10. The topological polar surface area (TPSA) is 24.1 Å². The van der Waals surface area contributed by atoms with Gasteiger partial charge >= 0.3 is 0 Å². The molecule has 1 aliphatic heterocycles. The number of benzene rings is 1. The summed E-state index contributed by atoms with van der Waals surface area (Å²) in [5.74, 6) is -0.534. The largest absolute Gasteiger partial charge is 0.385 e. The van der Waals surface area contributed by atoms with E-state index < -0.39 is 11.6 Å². The average Bonchev–Trinajstić information content (AvgIpc) is 2.27. The Hall–Kier alpha value is -1.16. The Kier molecular flexibility index (Phi) is 3.72. The van der Waals surface area contributed by atoms with Crippen LogP contribution in [0.15, 0.2) is 18.2 Å². The average molecular weight is 226 g/mol. The van der Waals surface area contributed by atoms with Gasteiger partial charge in [-0.1, -0.05) is 0 Å². The van der Waals surface area contributed by atoms with Crippen molar-refractivity contribution in [2.45, 2.75) is 12.8 Å². The lowest BCUT2D eigenvalue weighted by Crippen LogP contribution is -2.33. The molecule has 2 N–H and O–H groups in total. The molecule has 0 aliphatic carbocycles. The van der Waals surface area contributed by atoms with Gasteiger partial charge in [0.2, 0.25) is 0 Å². The van der Waals surface area contributed by atoms with Gasteiger partial charge in [-0.2, -0.15) is 0 Å². The van der Waals surface area contributed by atoms with Crippen molar-refractivity contribution in [2.24, 2.45) is 5.92 Å². The minimum absolute atomic E-state index is 0.517. The normalized spacial score (nSPS) is 20.8. The van der Waals surface area contributed by atoms with E-state index in [0.29, 0.717) is 11.6 Å². The lowest BCUT2D eigenvalue weighted by molar-refractivity contribution is 0.393. The number of rotatable bonds is 3. The van der Waals surface area contributed by atoms with Crippen LogP contribution in [0.1, 0.15) is 12.8 Å². The fourth-order valence-electron chi connectivity index (χ4n) is 2.02. The molecule has 1 fully saturated rings. The van der Waals surface area contributed by atoms with Gasteiger partial charge < -0.3 is 10.6 Å². The van der Waals surface area contributed by atoms with Crippen LogP contribution >= 0.6 is 0 Å². The Morgan fingerprint density at radius 1 is 1.25 bits per heavy atom. The lowest BCUT2D eigenvalue weighted by atomic mass is 10.00. The molecule has 0 spiro atoms. The Labute approximate surface area is 94.0 Å². The number of hydrogen-bond acceptors (Lipinski definition) is 2. The summed E-state index contributed by atoms with van der Waals surface area (Å²) >= 11 is 0. The third-order valence-corrected chi connectivity index (χ3v) is 2.86. The van der Waals surface area contributed by atoms with E-state index in [1.54, 1.807) is 0 Å². The van der Waals surface area contributed by atoms with Crippen LogP contribution in [0.3, 0.4) is 0 Å². The predicted octanol–water partition coefficient (Wildman–Crippen LogP) is 2.38. The first-order chi connectivity index (χ1) is 7.74. The highest BCUT2D eigenvalue weighted by atomic mass is 19.1. The molecule has 1 aromatic rings. The first-order valence-electron chi connectivity index (χ1n) is 5.65. The van der Waals surface area contributed by atoms with Crippen LogP contribution < -0.4 is 10.6 Å². The predicted molar refractivity (Wildman–Crippen MR) is 60.4 cm³/mol. The van der Waals surface area contributed by atoms with Gasteiger partial charge in [-0.05, 0) is 44.0 Å². The van der Waals surface area contributed by atoms with Crippen LogP contribution in [0, 0.1) is 17.6 Å². The minimum Gasteiger partial charge on any atom is -0.385 e. The zero-order chi connectivity index (χ0) is 11.4. The first kappa shape index (κ1) is 11.3. The maximum atomic E-state index is 12.9. The molecule has 0 radical (unpaired) electrons. The highest BCUT2D eigenvalue weighted by Gasteiger charge is 2.12. The SMILES string of the molecule is Fc1cc(F)cc(NCC2CCCNC2)c1. The lowest BCUT2D eigenvalue weighted by Gasteiger charge is -2.23. The summed E-state index contributed by atoms with van der Waals surface area (Å²) in [5.41, 5.74) is 0.517. The van der Waals surface area contributed by atoms with E-state index in [4.69, 9.17) is 0 Å². The highest BCUT2D eigenvalue weighted by molar-refractivity contribution is 5.43. The first-order valence-corrected chi connectivity index (χ1v) is 5.65. The fraction of sp³-hybridized carbons (Fsp3) is 0.500. The quantitative estimate of drug-likeness (QED) is 0.826. The molecular weight excluding hydrogens is 210 g/mol. The van der Waals surface area contributed by atoms with Crippen molar-refractivity contribution in [3.63, 3.8) is 0 Å². The summed E-state index contributed by atoms with van der Waals surface area (Å²) in [4.78, 5) is 0. The second kappa shape index (κ2) is 5.25. The van der Waals surface area contributed by atoms with Crippen LogP contribution in [0.2, 0.25) is 0 Å². The Balaban J connectivity index is 1.88. The summed E-state index contributed by atoms with van der Waals surface area (Å²) in [6.07, 6.45) is 2.33. The molecule has 1 heterocycles. The molecule has 1 unspecified atom stereocenters. The molecule has 0 saturated carbocycles. The molecule has 1 saturated heterocycles. The summed E-state index contributed by atoms with van der Waals surface area (Å²) in [6.45, 7) is 2.81. The molecule has 0 bridgehead atoms. The van der Waals surface area contributed by atoms with Crippen molar-refractivity contribution < 1.29 is 8.78 Å². The standard InChI is InChI=1S/C12H16F2N2/c13-10-4-11(14)6-12(5-10)16-8-9-2-1-3-15-7-9/h4-6,9,15-16H,1-3,7-8H2. The minimum atomic E-state index is -0.538. The Bertz CT molecular complexity index is 329. The molecule has 1 atom stereocenters. The van der Waals surface area contributed by atoms with Crippen molar-refractivity contribution in [3.05, 3.63) is 29.8 Å². The Morgan fingerprint density at radius 3 is 2.62 bits per heavy atom. The fourth-order valence-corrected chi connectivity index (χ4v) is 2.02. The van der Waals surface area contributed by atoms with Crippen molar-refractivity contribution in [2.75, 3.05) is 25.0 Å². The van der Waals surface area contributed by atoms with E-state index in [1.807, 2.05) is 0 Å². The third-order valence-electron chi connectivity index (χ3n) is 2.86. The van der Waals surface area contributed by atoms with Gasteiger partial charge in [0, 0.05) is 18.3 Å². The number of anilines is 1. The molecule has 0 amide bonds. The summed E-state index contributed by atoms with van der Waals surface area (Å²) < 4.78 is 25.8. The molecule has 1 aromatic carbocycles. The van der Waals surface area contributed by atoms with E-state index in [-0.39, 0.29) is 0 Å². The van der Waals surface area contributed by atoms with Crippen LogP contribution in [0.4, 0.5) is 14.5 Å². The maximum Gasteiger partial charge on any atom is 0.128 e. The smallest absolute Gasteiger partial charge is 0.128 e. The molecule has 16 heavy (non-hydrogen) atoms. The second-order valence-electron chi connectivity index (χ2n) is 4.25. The van der Waals surface area contributed by atoms with Crippen molar-refractivity contribution in [1.82, 2.24) is 5.32 Å². The van der Waals surface area contributed by atoms with Crippen LogP contribution in [-0.4, -0.2) is 19.6 Å². The molecule has 1 aliphatic rings. The van der Waals surface area contributed by atoms with E-state index >= 15 is 0 Å². The molecule has 0 aromatic heterocycles. The van der Waals surface area contributed by atoms with Crippen LogP contribution in [-0.2, 0) is 0 Å². The zero-order valence-electron chi connectivity index (χ0n) is 9.10. The van der Waals surface area contributed by atoms with Crippen LogP contribution in [0.5, 0.6) is 0 Å². The molecule has 4 heteroatoms. The summed E-state index contributed by atoms with van der Waals surface area (Å²) in [5, 5.41) is 6.38. The number of piperidine rings is 1. The second-order valence-corrected chi connectivity index (χ2v) is 4.25. The van der Waals surface area contributed by atoms with Gasteiger partial charge in [0.1, 0.15) is 11.6 Å². The molecule has 2 nitrogen and oxygen atoms in total. The van der Waals surface area contributed by atoms with Gasteiger partial charge in [-0.3, -0.25) is 0 Å². The maximum absolute atomic E-state index is 12.9. The van der Waals surface area contributed by atoms with Gasteiger partial charge in [-0.25, -0.2) is 8.78 Å². The van der Waals surface area contributed by atoms with Gasteiger partial charge in [0.15, 0.2) is 0 Å². The summed E-state index contributed by atoms with van der Waals surface area (Å²) in [6, 6.07) is 3.52. The van der Waals surface area contributed by atoms with E-state index in [0.717, 1.165) is 32.1 Å².